The number of hydrogen-bond acceptors (Lipinski definition) is 3. The van der Waals surface area contributed by atoms with Crippen LogP contribution in [0.4, 0.5) is 4.39 Å². The number of nitrogens with zero attached hydrogens (tertiary/aromatic N) is 2. The molecule has 2 aromatic carbocycles. The van der Waals surface area contributed by atoms with Crippen molar-refractivity contribution in [2.24, 2.45) is 5.92 Å². The summed E-state index contributed by atoms with van der Waals surface area (Å²) in [5.41, 5.74) is 4.87. The van der Waals surface area contributed by atoms with Crippen LogP contribution in [0.3, 0.4) is 0 Å². The molecule has 1 aromatic heterocycles. The van der Waals surface area contributed by atoms with Crippen LogP contribution in [-0.2, 0) is 17.9 Å². The lowest BCUT2D eigenvalue weighted by Crippen LogP contribution is -2.31. The standard InChI is InChI=1S/C24H27FN2O2/c1-16(2)11-24(28)27(14-19-6-8-20(25)9-7-19)15-21-13-23(29-26-21)22-10-5-17(3)12-18(22)4/h5-10,12-13,16H,11,14-15H2,1-4H3. The summed E-state index contributed by atoms with van der Waals surface area (Å²) < 4.78 is 18.8. The van der Waals surface area contributed by atoms with Crippen LogP contribution >= 0.6 is 0 Å². The molecule has 29 heavy (non-hydrogen) atoms. The van der Waals surface area contributed by atoms with Crippen LogP contribution in [0.15, 0.2) is 53.1 Å². The van der Waals surface area contributed by atoms with Gasteiger partial charge in [-0.15, -0.1) is 0 Å². The van der Waals surface area contributed by atoms with Crippen LogP contribution in [0.2, 0.25) is 0 Å². The maximum atomic E-state index is 13.2. The van der Waals surface area contributed by atoms with Crippen LogP contribution < -0.4 is 0 Å². The first-order valence-electron chi connectivity index (χ1n) is 9.87. The lowest BCUT2D eigenvalue weighted by Gasteiger charge is -2.22. The number of aromatic nitrogens is 1. The first-order valence-corrected chi connectivity index (χ1v) is 9.87. The van der Waals surface area contributed by atoms with Gasteiger partial charge in [0.25, 0.3) is 0 Å². The third kappa shape index (κ3) is 5.53. The van der Waals surface area contributed by atoms with Gasteiger partial charge >= 0.3 is 0 Å². The Morgan fingerprint density at radius 1 is 1.07 bits per heavy atom. The Kier molecular flexibility index (Phi) is 6.47. The van der Waals surface area contributed by atoms with Crippen LogP contribution in [0.1, 0.15) is 42.7 Å². The average molecular weight is 394 g/mol. The van der Waals surface area contributed by atoms with E-state index in [1.807, 2.05) is 39.0 Å². The van der Waals surface area contributed by atoms with Gasteiger partial charge in [-0.2, -0.15) is 0 Å². The molecule has 0 radical (unpaired) electrons. The number of halogens is 1. The number of aryl methyl sites for hydroxylation is 2. The van der Waals surface area contributed by atoms with Crippen molar-refractivity contribution in [3.8, 4) is 11.3 Å². The summed E-state index contributed by atoms with van der Waals surface area (Å²) >= 11 is 0. The monoisotopic (exact) mass is 394 g/mol. The maximum Gasteiger partial charge on any atom is 0.223 e. The lowest BCUT2D eigenvalue weighted by molar-refractivity contribution is -0.133. The second-order valence-electron chi connectivity index (χ2n) is 7.98. The maximum absolute atomic E-state index is 13.2. The molecule has 0 aliphatic rings. The largest absolute Gasteiger partial charge is 0.356 e. The highest BCUT2D eigenvalue weighted by Crippen LogP contribution is 2.26. The number of rotatable bonds is 7. The van der Waals surface area contributed by atoms with Crippen molar-refractivity contribution < 1.29 is 13.7 Å². The molecule has 0 fully saturated rings. The van der Waals surface area contributed by atoms with E-state index in [2.05, 4.69) is 18.1 Å². The van der Waals surface area contributed by atoms with Crippen molar-refractivity contribution >= 4 is 5.91 Å². The van der Waals surface area contributed by atoms with Crippen LogP contribution in [0, 0.1) is 25.6 Å². The molecule has 3 aromatic rings. The van der Waals surface area contributed by atoms with E-state index in [1.165, 1.54) is 17.7 Å². The smallest absolute Gasteiger partial charge is 0.223 e. The van der Waals surface area contributed by atoms with Crippen molar-refractivity contribution in [1.29, 1.82) is 0 Å². The fourth-order valence-electron chi connectivity index (χ4n) is 3.32. The van der Waals surface area contributed by atoms with Gasteiger partial charge in [0.15, 0.2) is 5.76 Å². The van der Waals surface area contributed by atoms with Gasteiger partial charge in [0.2, 0.25) is 5.91 Å². The summed E-state index contributed by atoms with van der Waals surface area (Å²) in [6.45, 7) is 8.87. The minimum Gasteiger partial charge on any atom is -0.356 e. The molecule has 0 unspecified atom stereocenters. The third-order valence-corrected chi connectivity index (χ3v) is 4.78. The molecule has 0 bridgehead atoms. The number of carbonyl (C=O) groups excluding carboxylic acids is 1. The molecule has 0 atom stereocenters. The minimum atomic E-state index is -0.289. The first kappa shape index (κ1) is 20.8. The summed E-state index contributed by atoms with van der Waals surface area (Å²) in [6, 6.07) is 14.3. The summed E-state index contributed by atoms with van der Waals surface area (Å²) in [5.74, 6) is 0.695. The summed E-state index contributed by atoms with van der Waals surface area (Å²) in [4.78, 5) is 14.5. The summed E-state index contributed by atoms with van der Waals surface area (Å²) in [7, 11) is 0. The van der Waals surface area contributed by atoms with E-state index in [9.17, 15) is 9.18 Å². The highest BCUT2D eigenvalue weighted by molar-refractivity contribution is 5.76. The fourth-order valence-corrected chi connectivity index (χ4v) is 3.32. The molecular weight excluding hydrogens is 367 g/mol. The minimum absolute atomic E-state index is 0.0420. The van der Waals surface area contributed by atoms with Gasteiger partial charge in [-0.25, -0.2) is 4.39 Å². The van der Waals surface area contributed by atoms with Crippen LogP contribution in [0.5, 0.6) is 0 Å². The molecule has 0 aliphatic carbocycles. The van der Waals surface area contributed by atoms with Gasteiger partial charge in [0.05, 0.1) is 6.54 Å². The average Bonchev–Trinajstić information content (AvgIpc) is 3.10. The van der Waals surface area contributed by atoms with E-state index in [0.717, 1.165) is 16.7 Å². The Balaban J connectivity index is 1.80. The van der Waals surface area contributed by atoms with Gasteiger partial charge in [-0.3, -0.25) is 4.79 Å². The number of benzene rings is 2. The molecule has 4 nitrogen and oxygen atoms in total. The summed E-state index contributed by atoms with van der Waals surface area (Å²) in [5, 5.41) is 4.18. The zero-order valence-electron chi connectivity index (χ0n) is 17.4. The molecule has 5 heteroatoms. The SMILES string of the molecule is Cc1ccc(-c2cc(CN(Cc3ccc(F)cc3)C(=O)CC(C)C)no2)c(C)c1. The molecule has 1 amide bonds. The van der Waals surface area contributed by atoms with Crippen molar-refractivity contribution in [3.05, 3.63) is 76.7 Å². The van der Waals surface area contributed by atoms with Gasteiger partial charge in [0.1, 0.15) is 11.5 Å². The molecule has 0 N–H and O–H groups in total. The van der Waals surface area contributed by atoms with Crippen molar-refractivity contribution in [3.63, 3.8) is 0 Å². The lowest BCUT2D eigenvalue weighted by atomic mass is 10.0. The van der Waals surface area contributed by atoms with Gasteiger partial charge in [0, 0.05) is 24.6 Å². The van der Waals surface area contributed by atoms with E-state index in [4.69, 9.17) is 4.52 Å². The van der Waals surface area contributed by atoms with E-state index < -0.39 is 0 Å². The highest BCUT2D eigenvalue weighted by atomic mass is 19.1. The molecule has 0 aliphatic heterocycles. The Bertz CT molecular complexity index is 977. The molecule has 3 rings (SSSR count). The normalized spacial score (nSPS) is 11.1. The van der Waals surface area contributed by atoms with Gasteiger partial charge in [-0.05, 0) is 43.0 Å². The predicted octanol–water partition coefficient (Wildman–Crippen LogP) is 5.67. The number of hydrogen-bond donors (Lipinski definition) is 0. The molecule has 1 heterocycles. The molecule has 152 valence electrons. The Morgan fingerprint density at radius 3 is 2.45 bits per heavy atom. The Morgan fingerprint density at radius 2 is 1.79 bits per heavy atom. The number of carbonyl (C=O) groups is 1. The van der Waals surface area contributed by atoms with E-state index >= 15 is 0 Å². The topological polar surface area (TPSA) is 46.3 Å². The van der Waals surface area contributed by atoms with Crippen LogP contribution in [0.25, 0.3) is 11.3 Å². The fraction of sp³-hybridized carbons (Fsp3) is 0.333. The van der Waals surface area contributed by atoms with Crippen molar-refractivity contribution in [2.75, 3.05) is 0 Å². The van der Waals surface area contributed by atoms with E-state index in [-0.39, 0.29) is 17.6 Å². The summed E-state index contributed by atoms with van der Waals surface area (Å²) in [6.07, 6.45) is 0.447. The van der Waals surface area contributed by atoms with Crippen LogP contribution in [-0.4, -0.2) is 16.0 Å². The quantitative estimate of drug-likeness (QED) is 0.518. The number of amides is 1. The second-order valence-corrected chi connectivity index (χ2v) is 7.98. The van der Waals surface area contributed by atoms with Crippen molar-refractivity contribution in [2.45, 2.75) is 47.2 Å². The third-order valence-electron chi connectivity index (χ3n) is 4.78. The van der Waals surface area contributed by atoms with Gasteiger partial charge < -0.3 is 9.42 Å². The zero-order chi connectivity index (χ0) is 21.0. The first-order chi connectivity index (χ1) is 13.8. The molecule has 0 spiro atoms. The van der Waals surface area contributed by atoms with Gasteiger partial charge in [-0.1, -0.05) is 54.9 Å². The molecule has 0 saturated heterocycles. The molecule has 0 saturated carbocycles. The second kappa shape index (κ2) is 9.03. The Hall–Kier alpha value is -2.95. The Labute approximate surface area is 171 Å². The van der Waals surface area contributed by atoms with Crippen molar-refractivity contribution in [1.82, 2.24) is 10.1 Å². The zero-order valence-corrected chi connectivity index (χ0v) is 17.4. The predicted molar refractivity (Wildman–Crippen MR) is 112 cm³/mol. The molecular formula is C24H27FN2O2. The van der Waals surface area contributed by atoms with E-state index in [0.29, 0.717) is 31.0 Å². The van der Waals surface area contributed by atoms with E-state index in [1.54, 1.807) is 17.0 Å². The highest BCUT2D eigenvalue weighted by Gasteiger charge is 2.19.